The van der Waals surface area contributed by atoms with Crippen LogP contribution < -0.4 is 0 Å². The highest BCUT2D eigenvalue weighted by molar-refractivity contribution is 5.16. The van der Waals surface area contributed by atoms with Crippen molar-refractivity contribution in [1.29, 1.82) is 0 Å². The van der Waals surface area contributed by atoms with Gasteiger partial charge in [0.25, 0.3) is 0 Å². The van der Waals surface area contributed by atoms with Crippen molar-refractivity contribution < 1.29 is 5.11 Å². The fourth-order valence-electron chi connectivity index (χ4n) is 2.87. The molecule has 3 nitrogen and oxygen atoms in total. The summed E-state index contributed by atoms with van der Waals surface area (Å²) >= 11 is 0. The molecule has 0 aromatic heterocycles. The Morgan fingerprint density at radius 2 is 2.31 bits per heavy atom. The summed E-state index contributed by atoms with van der Waals surface area (Å²) in [5.74, 6) is 0. The monoisotopic (exact) mass is 224 g/mol. The van der Waals surface area contributed by atoms with E-state index < -0.39 is 0 Å². The quantitative estimate of drug-likeness (QED) is 0.735. The molecule has 0 spiro atoms. The average Bonchev–Trinajstić information content (AvgIpc) is 2.78. The summed E-state index contributed by atoms with van der Waals surface area (Å²) in [6.45, 7) is 5.36. The number of likely N-dealkylation sites (N-methyl/N-ethyl adjacent to an activating group) is 1. The van der Waals surface area contributed by atoms with E-state index in [1.807, 2.05) is 0 Å². The van der Waals surface area contributed by atoms with Crippen LogP contribution >= 0.6 is 0 Å². The zero-order chi connectivity index (χ0) is 11.5. The molecule has 0 amide bonds. The van der Waals surface area contributed by atoms with Crippen molar-refractivity contribution in [2.24, 2.45) is 0 Å². The van der Waals surface area contributed by atoms with Gasteiger partial charge in [0.05, 0.1) is 0 Å². The van der Waals surface area contributed by atoms with Gasteiger partial charge in [0.15, 0.2) is 0 Å². The van der Waals surface area contributed by atoms with Gasteiger partial charge in [-0.15, -0.1) is 0 Å². The molecule has 0 bridgehead atoms. The Bertz CT molecular complexity index is 265. The topological polar surface area (TPSA) is 26.7 Å². The largest absolute Gasteiger partial charge is 0.378 e. The van der Waals surface area contributed by atoms with Gasteiger partial charge in [0, 0.05) is 25.7 Å². The van der Waals surface area contributed by atoms with Crippen LogP contribution in [0.3, 0.4) is 0 Å². The molecule has 1 saturated heterocycles. The Morgan fingerprint density at radius 3 is 2.94 bits per heavy atom. The van der Waals surface area contributed by atoms with Gasteiger partial charge in [-0.25, -0.2) is 0 Å². The minimum absolute atomic E-state index is 0.243. The third-order valence-electron chi connectivity index (χ3n) is 3.92. The van der Waals surface area contributed by atoms with Gasteiger partial charge >= 0.3 is 0 Å². The lowest BCUT2D eigenvalue weighted by Gasteiger charge is -2.33. The van der Waals surface area contributed by atoms with E-state index in [9.17, 15) is 5.11 Å². The van der Waals surface area contributed by atoms with Crippen LogP contribution in [0, 0.1) is 0 Å². The van der Waals surface area contributed by atoms with Crippen LogP contribution in [0.5, 0.6) is 0 Å². The number of hydrogen-bond donors (Lipinski definition) is 1. The molecule has 3 heteroatoms. The van der Waals surface area contributed by atoms with Crippen molar-refractivity contribution in [2.75, 3.05) is 26.7 Å². The maximum absolute atomic E-state index is 10.00. The smallest absolute Gasteiger partial charge is 0.107 e. The molecule has 16 heavy (non-hydrogen) atoms. The van der Waals surface area contributed by atoms with Gasteiger partial charge in [0.2, 0.25) is 0 Å². The zero-order valence-electron chi connectivity index (χ0n) is 10.5. The number of hydrogen-bond acceptors (Lipinski definition) is 3. The molecule has 0 aromatic carbocycles. The van der Waals surface area contributed by atoms with Crippen LogP contribution in [-0.4, -0.2) is 53.9 Å². The first-order valence-electron chi connectivity index (χ1n) is 6.53. The van der Waals surface area contributed by atoms with Crippen molar-refractivity contribution >= 4 is 0 Å². The lowest BCUT2D eigenvalue weighted by molar-refractivity contribution is -0.000587. The van der Waals surface area contributed by atoms with Gasteiger partial charge in [-0.2, -0.15) is 0 Å². The molecule has 0 radical (unpaired) electrons. The van der Waals surface area contributed by atoms with E-state index in [2.05, 4.69) is 29.8 Å². The third kappa shape index (κ3) is 2.47. The molecule has 0 aliphatic carbocycles. The van der Waals surface area contributed by atoms with Crippen molar-refractivity contribution in [1.82, 2.24) is 9.80 Å². The Hall–Kier alpha value is -0.380. The fraction of sp³-hybridized carbons (Fsp3) is 0.846. The van der Waals surface area contributed by atoms with E-state index >= 15 is 0 Å². The maximum atomic E-state index is 10.00. The van der Waals surface area contributed by atoms with Gasteiger partial charge in [0.1, 0.15) is 6.23 Å². The summed E-state index contributed by atoms with van der Waals surface area (Å²) in [4.78, 5) is 4.64. The second-order valence-corrected chi connectivity index (χ2v) is 5.08. The van der Waals surface area contributed by atoms with Crippen molar-refractivity contribution in [3.63, 3.8) is 0 Å². The SMILES string of the molecule is CCC(O)N1CCC[C@H]1C1=CCN(C)CC1. The number of nitrogens with zero attached hydrogens (tertiary/aromatic N) is 2. The van der Waals surface area contributed by atoms with Crippen LogP contribution in [0.25, 0.3) is 0 Å². The molecule has 1 N–H and O–H groups in total. The highest BCUT2D eigenvalue weighted by Crippen LogP contribution is 2.29. The second-order valence-electron chi connectivity index (χ2n) is 5.08. The number of aliphatic hydroxyl groups is 1. The minimum atomic E-state index is -0.243. The molecular weight excluding hydrogens is 200 g/mol. The lowest BCUT2D eigenvalue weighted by atomic mass is 9.98. The third-order valence-corrected chi connectivity index (χ3v) is 3.92. The molecular formula is C13H24N2O. The van der Waals surface area contributed by atoms with Crippen LogP contribution in [-0.2, 0) is 0 Å². The average molecular weight is 224 g/mol. The van der Waals surface area contributed by atoms with E-state index in [-0.39, 0.29) is 6.23 Å². The van der Waals surface area contributed by atoms with Crippen LogP contribution in [0.15, 0.2) is 11.6 Å². The standard InChI is InChI=1S/C13H24N2O/c1-3-13(16)15-8-4-5-12(15)11-6-9-14(2)10-7-11/h6,12-13,16H,3-5,7-10H2,1-2H3/t12-,13?/m0/s1. The van der Waals surface area contributed by atoms with Gasteiger partial charge in [-0.3, -0.25) is 4.90 Å². The summed E-state index contributed by atoms with van der Waals surface area (Å²) in [5, 5.41) is 10.00. The van der Waals surface area contributed by atoms with Gasteiger partial charge in [-0.1, -0.05) is 18.6 Å². The van der Waals surface area contributed by atoms with Crippen molar-refractivity contribution in [2.45, 2.75) is 44.9 Å². The fourth-order valence-corrected chi connectivity index (χ4v) is 2.87. The first-order chi connectivity index (χ1) is 7.72. The normalized spacial score (nSPS) is 30.4. The molecule has 1 unspecified atom stereocenters. The molecule has 0 aromatic rings. The summed E-state index contributed by atoms with van der Waals surface area (Å²) in [7, 11) is 2.17. The van der Waals surface area contributed by atoms with E-state index in [0.29, 0.717) is 6.04 Å². The van der Waals surface area contributed by atoms with E-state index in [1.165, 1.54) is 25.8 Å². The number of aliphatic hydroxyl groups excluding tert-OH is 1. The molecule has 0 saturated carbocycles. The van der Waals surface area contributed by atoms with E-state index in [4.69, 9.17) is 0 Å². The molecule has 92 valence electrons. The first kappa shape index (κ1) is 12.1. The number of likely N-dealkylation sites (tertiary alicyclic amines) is 1. The number of rotatable bonds is 3. The summed E-state index contributed by atoms with van der Waals surface area (Å²) in [5.41, 5.74) is 1.56. The Labute approximate surface area is 98.7 Å². The summed E-state index contributed by atoms with van der Waals surface area (Å²) in [6, 6.07) is 0.517. The van der Waals surface area contributed by atoms with E-state index in [0.717, 1.165) is 19.5 Å². The van der Waals surface area contributed by atoms with Crippen LogP contribution in [0.2, 0.25) is 0 Å². The molecule has 2 aliphatic heterocycles. The highest BCUT2D eigenvalue weighted by atomic mass is 16.3. The van der Waals surface area contributed by atoms with Crippen LogP contribution in [0.4, 0.5) is 0 Å². The van der Waals surface area contributed by atoms with E-state index in [1.54, 1.807) is 5.57 Å². The predicted octanol–water partition coefficient (Wildman–Crippen LogP) is 1.44. The maximum Gasteiger partial charge on any atom is 0.107 e. The Morgan fingerprint density at radius 1 is 1.50 bits per heavy atom. The Kier molecular flexibility index (Phi) is 4.00. The van der Waals surface area contributed by atoms with Gasteiger partial charge in [-0.05, 0) is 32.7 Å². The Balaban J connectivity index is 2.02. The summed E-state index contributed by atoms with van der Waals surface area (Å²) in [6.07, 6.45) is 6.60. The lowest BCUT2D eigenvalue weighted by Crippen LogP contribution is -2.41. The molecule has 2 atom stereocenters. The first-order valence-corrected chi connectivity index (χ1v) is 6.53. The van der Waals surface area contributed by atoms with Crippen molar-refractivity contribution in [3.05, 3.63) is 11.6 Å². The van der Waals surface area contributed by atoms with Crippen LogP contribution in [0.1, 0.15) is 32.6 Å². The molecule has 2 heterocycles. The molecule has 1 fully saturated rings. The predicted molar refractivity (Wildman–Crippen MR) is 66.2 cm³/mol. The zero-order valence-corrected chi connectivity index (χ0v) is 10.5. The second kappa shape index (κ2) is 5.30. The van der Waals surface area contributed by atoms with Gasteiger partial charge < -0.3 is 10.0 Å². The molecule has 2 rings (SSSR count). The molecule has 2 aliphatic rings. The van der Waals surface area contributed by atoms with Crippen molar-refractivity contribution in [3.8, 4) is 0 Å². The minimum Gasteiger partial charge on any atom is -0.378 e. The highest BCUT2D eigenvalue weighted by Gasteiger charge is 2.31. The summed E-state index contributed by atoms with van der Waals surface area (Å²) < 4.78 is 0.